The first kappa shape index (κ1) is 17.1. The van der Waals surface area contributed by atoms with Crippen LogP contribution < -0.4 is 4.74 Å². The van der Waals surface area contributed by atoms with E-state index in [1.165, 1.54) is 0 Å². The van der Waals surface area contributed by atoms with E-state index in [0.717, 1.165) is 5.56 Å². The third-order valence-electron chi connectivity index (χ3n) is 3.79. The summed E-state index contributed by atoms with van der Waals surface area (Å²) in [5, 5.41) is 0.912. The molecular formula is C18H17Cl2NO3. The second-order valence-corrected chi connectivity index (χ2v) is 6.26. The van der Waals surface area contributed by atoms with Crippen LogP contribution in [0.4, 0.5) is 0 Å². The fraction of sp³-hybridized carbons (Fsp3) is 0.278. The molecule has 0 aromatic heterocycles. The van der Waals surface area contributed by atoms with E-state index in [4.69, 9.17) is 32.7 Å². The van der Waals surface area contributed by atoms with Crippen molar-refractivity contribution in [2.24, 2.45) is 0 Å². The topological polar surface area (TPSA) is 38.8 Å². The molecule has 1 unspecified atom stereocenters. The second-order valence-electron chi connectivity index (χ2n) is 5.42. The zero-order chi connectivity index (χ0) is 16.9. The van der Waals surface area contributed by atoms with Crippen LogP contribution in [0.25, 0.3) is 0 Å². The molecule has 0 radical (unpaired) electrons. The van der Waals surface area contributed by atoms with Gasteiger partial charge in [0.05, 0.1) is 18.2 Å². The van der Waals surface area contributed by atoms with Crippen molar-refractivity contribution in [1.29, 1.82) is 0 Å². The second kappa shape index (κ2) is 7.88. The van der Waals surface area contributed by atoms with Crippen LogP contribution in [-0.2, 0) is 9.53 Å². The molecule has 6 heteroatoms. The number of carbonyl (C=O) groups excluding carboxylic acids is 1. The molecule has 0 aliphatic carbocycles. The number of benzene rings is 2. The lowest BCUT2D eigenvalue weighted by Gasteiger charge is -2.30. The minimum Gasteiger partial charge on any atom is -0.474 e. The SMILES string of the molecule is O=C(C(Oc1cc(Cl)ccc1Cl)c1ccccc1)N1CCOCC1. The smallest absolute Gasteiger partial charge is 0.268 e. The van der Waals surface area contributed by atoms with Gasteiger partial charge in [0.25, 0.3) is 5.91 Å². The van der Waals surface area contributed by atoms with Gasteiger partial charge in [-0.3, -0.25) is 4.79 Å². The Bertz CT molecular complexity index is 703. The minimum absolute atomic E-state index is 0.111. The van der Waals surface area contributed by atoms with Gasteiger partial charge >= 0.3 is 0 Å². The first-order chi connectivity index (χ1) is 11.6. The number of ether oxygens (including phenoxy) is 2. The first-order valence-corrected chi connectivity index (χ1v) is 8.44. The van der Waals surface area contributed by atoms with Gasteiger partial charge in [0.1, 0.15) is 5.75 Å². The maximum Gasteiger partial charge on any atom is 0.268 e. The molecule has 1 fully saturated rings. The lowest BCUT2D eigenvalue weighted by atomic mass is 10.1. The third-order valence-corrected chi connectivity index (χ3v) is 4.33. The molecular weight excluding hydrogens is 349 g/mol. The summed E-state index contributed by atoms with van der Waals surface area (Å²) >= 11 is 12.2. The molecule has 1 saturated heterocycles. The van der Waals surface area contributed by atoms with Crippen molar-refractivity contribution in [3.8, 4) is 5.75 Å². The number of rotatable bonds is 4. The maximum atomic E-state index is 13.0. The molecule has 0 bridgehead atoms. The molecule has 3 rings (SSSR count). The summed E-state index contributed by atoms with van der Waals surface area (Å²) in [5.41, 5.74) is 0.769. The maximum absolute atomic E-state index is 13.0. The van der Waals surface area contributed by atoms with Gasteiger partial charge in [-0.1, -0.05) is 53.5 Å². The number of carbonyl (C=O) groups is 1. The Kier molecular flexibility index (Phi) is 5.61. The molecule has 1 aliphatic rings. The van der Waals surface area contributed by atoms with Gasteiger partial charge in [-0.25, -0.2) is 0 Å². The van der Waals surface area contributed by atoms with Crippen LogP contribution in [0.3, 0.4) is 0 Å². The molecule has 2 aromatic rings. The number of amides is 1. The van der Waals surface area contributed by atoms with Crippen molar-refractivity contribution in [2.45, 2.75) is 6.10 Å². The van der Waals surface area contributed by atoms with Gasteiger partial charge in [0.2, 0.25) is 6.10 Å². The van der Waals surface area contributed by atoms with E-state index < -0.39 is 6.10 Å². The van der Waals surface area contributed by atoms with Crippen molar-refractivity contribution >= 4 is 29.1 Å². The molecule has 1 atom stereocenters. The Labute approximate surface area is 150 Å². The summed E-state index contributed by atoms with van der Waals surface area (Å²) in [4.78, 5) is 14.7. The van der Waals surface area contributed by atoms with E-state index in [-0.39, 0.29) is 5.91 Å². The van der Waals surface area contributed by atoms with Gasteiger partial charge < -0.3 is 14.4 Å². The summed E-state index contributed by atoms with van der Waals surface area (Å²) in [6.45, 7) is 2.17. The van der Waals surface area contributed by atoms with Crippen LogP contribution in [0.15, 0.2) is 48.5 Å². The predicted octanol–water partition coefficient (Wildman–Crippen LogP) is 3.97. The highest BCUT2D eigenvalue weighted by atomic mass is 35.5. The first-order valence-electron chi connectivity index (χ1n) is 7.68. The van der Waals surface area contributed by atoms with Crippen molar-refractivity contribution in [2.75, 3.05) is 26.3 Å². The third kappa shape index (κ3) is 4.01. The Morgan fingerprint density at radius 1 is 1.08 bits per heavy atom. The quantitative estimate of drug-likeness (QED) is 0.822. The zero-order valence-electron chi connectivity index (χ0n) is 13.0. The minimum atomic E-state index is -0.778. The summed E-state index contributed by atoms with van der Waals surface area (Å²) in [6, 6.07) is 14.3. The van der Waals surface area contributed by atoms with E-state index >= 15 is 0 Å². The standard InChI is InChI=1S/C18H17Cl2NO3/c19-14-6-7-15(20)16(12-14)24-17(13-4-2-1-3-5-13)18(22)21-8-10-23-11-9-21/h1-7,12,17H,8-11H2. The lowest BCUT2D eigenvalue weighted by Crippen LogP contribution is -2.44. The molecule has 1 heterocycles. The number of hydrogen-bond donors (Lipinski definition) is 0. The predicted molar refractivity (Wildman–Crippen MR) is 93.7 cm³/mol. The molecule has 1 aliphatic heterocycles. The normalized spacial score (nSPS) is 15.8. The van der Waals surface area contributed by atoms with Crippen LogP contribution in [0, 0.1) is 0 Å². The molecule has 0 spiro atoms. The molecule has 4 nitrogen and oxygen atoms in total. The molecule has 2 aromatic carbocycles. The molecule has 0 N–H and O–H groups in total. The Morgan fingerprint density at radius 3 is 2.50 bits per heavy atom. The Balaban J connectivity index is 1.90. The van der Waals surface area contributed by atoms with E-state index in [0.29, 0.717) is 42.1 Å². The van der Waals surface area contributed by atoms with Gasteiger partial charge in [-0.2, -0.15) is 0 Å². The molecule has 1 amide bonds. The van der Waals surface area contributed by atoms with Gasteiger partial charge in [0.15, 0.2) is 0 Å². The highest BCUT2D eigenvalue weighted by molar-refractivity contribution is 6.34. The highest BCUT2D eigenvalue weighted by Crippen LogP contribution is 2.32. The van der Waals surface area contributed by atoms with Crippen LogP contribution in [0.1, 0.15) is 11.7 Å². The van der Waals surface area contributed by atoms with Crippen molar-refractivity contribution in [3.63, 3.8) is 0 Å². The fourth-order valence-electron chi connectivity index (χ4n) is 2.53. The molecule has 0 saturated carbocycles. The van der Waals surface area contributed by atoms with Crippen LogP contribution >= 0.6 is 23.2 Å². The summed E-state index contributed by atoms with van der Waals surface area (Å²) in [7, 11) is 0. The number of nitrogens with zero attached hydrogens (tertiary/aromatic N) is 1. The van der Waals surface area contributed by atoms with Crippen molar-refractivity contribution in [1.82, 2.24) is 4.90 Å². The van der Waals surface area contributed by atoms with Gasteiger partial charge in [0, 0.05) is 29.7 Å². The van der Waals surface area contributed by atoms with Gasteiger partial charge in [-0.05, 0) is 12.1 Å². The summed E-state index contributed by atoms with van der Waals surface area (Å²) in [5.74, 6) is 0.278. The molecule has 24 heavy (non-hydrogen) atoms. The molecule has 126 valence electrons. The Morgan fingerprint density at radius 2 is 1.79 bits per heavy atom. The highest BCUT2D eigenvalue weighted by Gasteiger charge is 2.29. The average molecular weight is 366 g/mol. The lowest BCUT2D eigenvalue weighted by molar-refractivity contribution is -0.143. The fourth-order valence-corrected chi connectivity index (χ4v) is 2.86. The van der Waals surface area contributed by atoms with Crippen LogP contribution in [0.2, 0.25) is 10.0 Å². The van der Waals surface area contributed by atoms with Crippen molar-refractivity contribution in [3.05, 3.63) is 64.1 Å². The largest absolute Gasteiger partial charge is 0.474 e. The summed E-state index contributed by atoms with van der Waals surface area (Å²) in [6.07, 6.45) is -0.778. The number of halogens is 2. The summed E-state index contributed by atoms with van der Waals surface area (Å²) < 4.78 is 11.3. The van der Waals surface area contributed by atoms with Gasteiger partial charge in [-0.15, -0.1) is 0 Å². The Hall–Kier alpha value is -1.75. The van der Waals surface area contributed by atoms with Crippen molar-refractivity contribution < 1.29 is 14.3 Å². The number of hydrogen-bond acceptors (Lipinski definition) is 3. The van der Waals surface area contributed by atoms with E-state index in [1.807, 2.05) is 30.3 Å². The van der Waals surface area contributed by atoms with Crippen LogP contribution in [-0.4, -0.2) is 37.1 Å². The van der Waals surface area contributed by atoms with E-state index in [2.05, 4.69) is 0 Å². The monoisotopic (exact) mass is 365 g/mol. The number of morpholine rings is 1. The van der Waals surface area contributed by atoms with E-state index in [9.17, 15) is 4.79 Å². The average Bonchev–Trinajstić information content (AvgIpc) is 2.63. The van der Waals surface area contributed by atoms with Crippen LogP contribution in [0.5, 0.6) is 5.75 Å². The zero-order valence-corrected chi connectivity index (χ0v) is 14.5. The van der Waals surface area contributed by atoms with E-state index in [1.54, 1.807) is 23.1 Å².